The van der Waals surface area contributed by atoms with E-state index in [-0.39, 0.29) is 0 Å². The Balaban J connectivity index is 3.82. The topological polar surface area (TPSA) is 12.5 Å². The summed E-state index contributed by atoms with van der Waals surface area (Å²) in [7, 11) is 1.81. The second-order valence-electron chi connectivity index (χ2n) is 11.8. The van der Waals surface area contributed by atoms with Crippen molar-refractivity contribution in [2.24, 2.45) is 0 Å². The molecule has 2 heteroatoms. The fourth-order valence-corrected chi connectivity index (χ4v) is 5.45. The fourth-order valence-electron chi connectivity index (χ4n) is 5.45. The van der Waals surface area contributed by atoms with Crippen LogP contribution in [0.4, 0.5) is 0 Å². The van der Waals surface area contributed by atoms with Gasteiger partial charge in [0.25, 0.3) is 0 Å². The maximum Gasteiger partial charge on any atom is 0.0462 e. The third kappa shape index (κ3) is 28.3. The van der Waals surface area contributed by atoms with E-state index in [1.54, 1.807) is 0 Å². The van der Waals surface area contributed by atoms with Crippen LogP contribution < -0.4 is 0 Å². The third-order valence-electron chi connectivity index (χ3n) is 8.08. The largest absolute Gasteiger partial charge is 0.385 e. The summed E-state index contributed by atoms with van der Waals surface area (Å²) >= 11 is 0. The van der Waals surface area contributed by atoms with Crippen LogP contribution >= 0.6 is 0 Å². The van der Waals surface area contributed by atoms with Gasteiger partial charge in [0, 0.05) is 32.5 Å². The molecule has 0 rings (SSSR count). The number of hydrogen-bond acceptors (Lipinski definition) is 2. The zero-order valence-electron chi connectivity index (χ0n) is 26.7. The summed E-state index contributed by atoms with van der Waals surface area (Å²) in [5.41, 5.74) is 1.39. The highest BCUT2D eigenvalue weighted by atomic mass is 16.5. The quantitative estimate of drug-likeness (QED) is 0.0629. The Hall–Kier alpha value is -0.760. The van der Waals surface area contributed by atoms with Crippen molar-refractivity contribution < 1.29 is 4.74 Å². The number of rotatable bonds is 32. The standard InChI is InChI=1S/C36H71NO/c1-5-7-9-11-13-15-17-19-20-22-24-26-28-32-36(3)37(34-30-31-35-38-4)33-29-27-25-23-21-18-16-14-12-10-8-6-2/h6,8H,3,5,7,9-35H2,1-2,4H3. The number of allylic oxidation sites excluding steroid dienone is 3. The van der Waals surface area contributed by atoms with Gasteiger partial charge in [-0.05, 0) is 51.9 Å². The zero-order chi connectivity index (χ0) is 27.8. The third-order valence-corrected chi connectivity index (χ3v) is 8.08. The van der Waals surface area contributed by atoms with Crippen LogP contribution in [0.3, 0.4) is 0 Å². The van der Waals surface area contributed by atoms with Crippen LogP contribution in [-0.2, 0) is 4.74 Å². The number of unbranched alkanes of at least 4 members (excludes halogenated alkanes) is 22. The Morgan fingerprint density at radius 2 is 1.00 bits per heavy atom. The molecule has 0 atom stereocenters. The molecule has 0 saturated heterocycles. The lowest BCUT2D eigenvalue weighted by Gasteiger charge is -2.27. The van der Waals surface area contributed by atoms with Crippen LogP contribution in [0.2, 0.25) is 0 Å². The minimum Gasteiger partial charge on any atom is -0.385 e. The van der Waals surface area contributed by atoms with Gasteiger partial charge in [0.1, 0.15) is 0 Å². The van der Waals surface area contributed by atoms with Crippen molar-refractivity contribution in [3.05, 3.63) is 24.4 Å². The summed E-state index contributed by atoms with van der Waals surface area (Å²) in [5.74, 6) is 0. The van der Waals surface area contributed by atoms with Crippen LogP contribution in [0.15, 0.2) is 24.4 Å². The monoisotopic (exact) mass is 534 g/mol. The molecule has 0 aromatic heterocycles. The van der Waals surface area contributed by atoms with Crippen LogP contribution in [0.5, 0.6) is 0 Å². The van der Waals surface area contributed by atoms with E-state index in [4.69, 9.17) is 4.74 Å². The molecule has 38 heavy (non-hydrogen) atoms. The molecule has 0 fully saturated rings. The molecule has 0 radical (unpaired) electrons. The van der Waals surface area contributed by atoms with Crippen molar-refractivity contribution in [1.29, 1.82) is 0 Å². The smallest absolute Gasteiger partial charge is 0.0462 e. The molecule has 2 nitrogen and oxygen atoms in total. The molecule has 0 aliphatic heterocycles. The molecule has 0 aliphatic carbocycles. The van der Waals surface area contributed by atoms with Crippen molar-refractivity contribution in [2.75, 3.05) is 26.8 Å². The van der Waals surface area contributed by atoms with Crippen LogP contribution in [-0.4, -0.2) is 31.7 Å². The van der Waals surface area contributed by atoms with Gasteiger partial charge in [-0.2, -0.15) is 0 Å². The number of ether oxygens (including phenoxy) is 1. The van der Waals surface area contributed by atoms with Crippen molar-refractivity contribution in [1.82, 2.24) is 4.90 Å². The van der Waals surface area contributed by atoms with E-state index < -0.39 is 0 Å². The molecule has 0 unspecified atom stereocenters. The van der Waals surface area contributed by atoms with Crippen molar-refractivity contribution in [3.8, 4) is 0 Å². The first kappa shape index (κ1) is 37.2. The predicted octanol–water partition coefficient (Wildman–Crippen LogP) is 12.2. The first-order chi connectivity index (χ1) is 18.8. The van der Waals surface area contributed by atoms with Crippen LogP contribution in [0, 0.1) is 0 Å². The Morgan fingerprint density at radius 3 is 1.47 bits per heavy atom. The van der Waals surface area contributed by atoms with Gasteiger partial charge in [-0.25, -0.2) is 0 Å². The maximum absolute atomic E-state index is 5.27. The molecular weight excluding hydrogens is 462 g/mol. The lowest BCUT2D eigenvalue weighted by Crippen LogP contribution is -2.25. The minimum absolute atomic E-state index is 0.883. The number of nitrogens with zero attached hydrogens (tertiary/aromatic N) is 1. The highest BCUT2D eigenvalue weighted by molar-refractivity contribution is 4.93. The molecule has 0 N–H and O–H groups in total. The zero-order valence-corrected chi connectivity index (χ0v) is 26.7. The van der Waals surface area contributed by atoms with E-state index in [1.807, 2.05) is 7.11 Å². The Kier molecular flexibility index (Phi) is 31.8. The van der Waals surface area contributed by atoms with Gasteiger partial charge in [0.05, 0.1) is 0 Å². The number of hydrogen-bond donors (Lipinski definition) is 0. The fraction of sp³-hybridized carbons (Fsp3) is 0.889. The molecule has 0 aromatic carbocycles. The van der Waals surface area contributed by atoms with Gasteiger partial charge in [-0.1, -0.05) is 148 Å². The SMILES string of the molecule is C=C(CCCCCCCCCCCCCCC)N(CCCCCCCCCCCC=CC)CCCCOC. The van der Waals surface area contributed by atoms with E-state index >= 15 is 0 Å². The van der Waals surface area contributed by atoms with E-state index in [9.17, 15) is 0 Å². The summed E-state index contributed by atoms with van der Waals surface area (Å²) in [5, 5.41) is 0. The molecule has 0 amide bonds. The maximum atomic E-state index is 5.27. The highest BCUT2D eigenvalue weighted by Gasteiger charge is 2.08. The first-order valence-corrected chi connectivity index (χ1v) is 17.3. The van der Waals surface area contributed by atoms with E-state index in [0.717, 1.165) is 19.6 Å². The molecule has 0 spiro atoms. The summed E-state index contributed by atoms with van der Waals surface area (Å²) < 4.78 is 5.27. The Morgan fingerprint density at radius 1 is 0.579 bits per heavy atom. The molecule has 0 bridgehead atoms. The van der Waals surface area contributed by atoms with Gasteiger partial charge in [-0.3, -0.25) is 0 Å². The van der Waals surface area contributed by atoms with Crippen molar-refractivity contribution >= 4 is 0 Å². The van der Waals surface area contributed by atoms with E-state index in [2.05, 4.69) is 37.5 Å². The lowest BCUT2D eigenvalue weighted by atomic mass is 10.0. The summed E-state index contributed by atoms with van der Waals surface area (Å²) in [4.78, 5) is 2.61. The Labute approximate surface area is 241 Å². The molecule has 0 aliphatic rings. The average Bonchev–Trinajstić information content (AvgIpc) is 2.92. The Bertz CT molecular complexity index is 486. The predicted molar refractivity (Wildman–Crippen MR) is 173 cm³/mol. The minimum atomic E-state index is 0.883. The van der Waals surface area contributed by atoms with Crippen LogP contribution in [0.25, 0.3) is 0 Å². The van der Waals surface area contributed by atoms with Gasteiger partial charge in [0.15, 0.2) is 0 Å². The first-order valence-electron chi connectivity index (χ1n) is 17.3. The van der Waals surface area contributed by atoms with Crippen molar-refractivity contribution in [3.63, 3.8) is 0 Å². The molecular formula is C36H71NO. The highest BCUT2D eigenvalue weighted by Crippen LogP contribution is 2.18. The molecule has 0 saturated carbocycles. The summed E-state index contributed by atoms with van der Waals surface area (Å²) in [6, 6.07) is 0. The average molecular weight is 534 g/mol. The molecule has 0 heterocycles. The van der Waals surface area contributed by atoms with Gasteiger partial charge >= 0.3 is 0 Å². The van der Waals surface area contributed by atoms with Crippen LogP contribution in [0.1, 0.15) is 181 Å². The lowest BCUT2D eigenvalue weighted by molar-refractivity contribution is 0.187. The summed E-state index contributed by atoms with van der Waals surface area (Å²) in [6.07, 6.45) is 40.4. The molecule has 226 valence electrons. The normalized spacial score (nSPS) is 11.6. The summed E-state index contributed by atoms with van der Waals surface area (Å²) in [6.45, 7) is 12.2. The van der Waals surface area contributed by atoms with Gasteiger partial charge in [-0.15, -0.1) is 0 Å². The van der Waals surface area contributed by atoms with Crippen molar-refractivity contribution in [2.45, 2.75) is 181 Å². The molecule has 0 aromatic rings. The van der Waals surface area contributed by atoms with Gasteiger partial charge in [0.2, 0.25) is 0 Å². The second-order valence-corrected chi connectivity index (χ2v) is 11.8. The van der Waals surface area contributed by atoms with Gasteiger partial charge < -0.3 is 9.64 Å². The van der Waals surface area contributed by atoms with E-state index in [1.165, 1.54) is 173 Å². The number of methoxy groups -OCH3 is 1. The second kappa shape index (κ2) is 32.5. The van der Waals surface area contributed by atoms with E-state index in [0.29, 0.717) is 0 Å².